The molecular weight excluding hydrogens is 176 g/mol. The molecule has 1 aliphatic rings. The molecule has 1 aromatic rings. The van der Waals surface area contributed by atoms with Crippen molar-refractivity contribution in [1.29, 1.82) is 0 Å². The molecule has 2 rings (SSSR count). The van der Waals surface area contributed by atoms with E-state index in [9.17, 15) is 4.79 Å². The predicted molar refractivity (Wildman–Crippen MR) is 53.6 cm³/mol. The highest BCUT2D eigenvalue weighted by atomic mass is 16.6. The molecule has 0 unspecified atom stereocenters. The van der Waals surface area contributed by atoms with Crippen LogP contribution in [0.15, 0.2) is 42.5 Å². The molecule has 1 aromatic carbocycles. The van der Waals surface area contributed by atoms with E-state index in [1.165, 1.54) is 0 Å². The maximum atomic E-state index is 11.2. The van der Waals surface area contributed by atoms with Crippen molar-refractivity contribution in [2.24, 2.45) is 5.92 Å². The third kappa shape index (κ3) is 1.33. The summed E-state index contributed by atoms with van der Waals surface area (Å²) in [6.07, 6.45) is -0.156. The lowest BCUT2D eigenvalue weighted by Gasteiger charge is -2.13. The lowest BCUT2D eigenvalue weighted by molar-refractivity contribution is -0.139. The monoisotopic (exact) mass is 188 g/mol. The lowest BCUT2D eigenvalue weighted by atomic mass is 9.94. The number of hydrogen-bond donors (Lipinski definition) is 0. The van der Waals surface area contributed by atoms with Crippen molar-refractivity contribution in [3.63, 3.8) is 0 Å². The molecule has 0 amide bonds. The molecule has 0 saturated carbocycles. The van der Waals surface area contributed by atoms with E-state index in [2.05, 4.69) is 6.58 Å². The van der Waals surface area contributed by atoms with Crippen molar-refractivity contribution < 1.29 is 9.53 Å². The zero-order valence-corrected chi connectivity index (χ0v) is 8.07. The Bertz CT molecular complexity index is 367. The van der Waals surface area contributed by atoms with E-state index >= 15 is 0 Å². The fourth-order valence-electron chi connectivity index (χ4n) is 1.66. The molecule has 0 radical (unpaired) electrons. The van der Waals surface area contributed by atoms with Crippen LogP contribution in [-0.2, 0) is 9.53 Å². The first-order chi connectivity index (χ1) is 6.70. The summed E-state index contributed by atoms with van der Waals surface area (Å²) < 4.78 is 5.23. The van der Waals surface area contributed by atoms with Gasteiger partial charge in [-0.05, 0) is 5.56 Å². The first-order valence-electron chi connectivity index (χ1n) is 4.65. The lowest BCUT2D eigenvalue weighted by Crippen LogP contribution is -2.03. The maximum Gasteiger partial charge on any atom is 0.334 e. The van der Waals surface area contributed by atoms with Crippen LogP contribution in [0.25, 0.3) is 0 Å². The van der Waals surface area contributed by atoms with Gasteiger partial charge in [0.25, 0.3) is 0 Å². The van der Waals surface area contributed by atoms with Gasteiger partial charge in [0.2, 0.25) is 0 Å². The molecule has 2 atom stereocenters. The maximum absolute atomic E-state index is 11.2. The molecule has 0 spiro atoms. The SMILES string of the molecule is C=C1C(=O)O[C@H](c2ccccc2)[C@@H]1C. The molecule has 0 aliphatic carbocycles. The fraction of sp³-hybridized carbons (Fsp3) is 0.250. The van der Waals surface area contributed by atoms with E-state index < -0.39 is 0 Å². The Hall–Kier alpha value is -1.57. The molecule has 2 heteroatoms. The number of ether oxygens (including phenoxy) is 1. The van der Waals surface area contributed by atoms with Crippen molar-refractivity contribution in [3.05, 3.63) is 48.0 Å². The van der Waals surface area contributed by atoms with Gasteiger partial charge in [-0.1, -0.05) is 43.8 Å². The predicted octanol–water partition coefficient (Wildman–Crippen LogP) is 2.48. The minimum atomic E-state index is -0.272. The molecule has 1 heterocycles. The normalized spacial score (nSPS) is 26.4. The van der Waals surface area contributed by atoms with Gasteiger partial charge >= 0.3 is 5.97 Å². The Morgan fingerprint density at radius 1 is 1.29 bits per heavy atom. The second-order valence-corrected chi connectivity index (χ2v) is 3.55. The Labute approximate surface area is 83.2 Å². The molecular formula is C12H12O2. The van der Waals surface area contributed by atoms with Crippen molar-refractivity contribution in [3.8, 4) is 0 Å². The van der Waals surface area contributed by atoms with Crippen LogP contribution in [0.5, 0.6) is 0 Å². The van der Waals surface area contributed by atoms with E-state index in [1.807, 2.05) is 37.3 Å². The number of hydrogen-bond acceptors (Lipinski definition) is 2. The fourth-order valence-corrected chi connectivity index (χ4v) is 1.66. The van der Waals surface area contributed by atoms with Crippen LogP contribution in [-0.4, -0.2) is 5.97 Å². The van der Waals surface area contributed by atoms with E-state index in [0.717, 1.165) is 5.56 Å². The second kappa shape index (κ2) is 3.29. The summed E-state index contributed by atoms with van der Waals surface area (Å²) in [5, 5.41) is 0. The smallest absolute Gasteiger partial charge is 0.334 e. The van der Waals surface area contributed by atoms with Crippen LogP contribution >= 0.6 is 0 Å². The van der Waals surface area contributed by atoms with Crippen LogP contribution in [0.4, 0.5) is 0 Å². The number of rotatable bonds is 1. The Balaban J connectivity index is 2.30. The van der Waals surface area contributed by atoms with Crippen molar-refractivity contribution in [2.75, 3.05) is 0 Å². The van der Waals surface area contributed by atoms with Gasteiger partial charge in [-0.25, -0.2) is 4.79 Å². The van der Waals surface area contributed by atoms with E-state index in [-0.39, 0.29) is 18.0 Å². The number of benzene rings is 1. The Morgan fingerprint density at radius 3 is 2.43 bits per heavy atom. The molecule has 72 valence electrons. The zero-order chi connectivity index (χ0) is 10.1. The average molecular weight is 188 g/mol. The minimum absolute atomic E-state index is 0.0740. The van der Waals surface area contributed by atoms with Crippen LogP contribution in [0.2, 0.25) is 0 Å². The van der Waals surface area contributed by atoms with Gasteiger partial charge in [0.15, 0.2) is 0 Å². The highest BCUT2D eigenvalue weighted by Gasteiger charge is 2.35. The summed E-state index contributed by atoms with van der Waals surface area (Å²) in [6, 6.07) is 9.76. The Kier molecular flexibility index (Phi) is 2.12. The molecule has 2 nitrogen and oxygen atoms in total. The summed E-state index contributed by atoms with van der Waals surface area (Å²) in [5.41, 5.74) is 1.60. The highest BCUT2D eigenvalue weighted by Crippen LogP contribution is 2.37. The molecule has 14 heavy (non-hydrogen) atoms. The molecule has 0 N–H and O–H groups in total. The summed E-state index contributed by atoms with van der Waals surface area (Å²) in [4.78, 5) is 11.2. The van der Waals surface area contributed by atoms with Crippen LogP contribution in [0.3, 0.4) is 0 Å². The molecule has 1 saturated heterocycles. The summed E-state index contributed by atoms with van der Waals surface area (Å²) in [7, 11) is 0. The van der Waals surface area contributed by atoms with Crippen LogP contribution in [0, 0.1) is 5.92 Å². The van der Waals surface area contributed by atoms with Gasteiger partial charge < -0.3 is 4.74 Å². The average Bonchev–Trinajstić information content (AvgIpc) is 2.47. The number of esters is 1. The minimum Gasteiger partial charge on any atom is -0.453 e. The van der Waals surface area contributed by atoms with Gasteiger partial charge in [-0.2, -0.15) is 0 Å². The Morgan fingerprint density at radius 2 is 1.93 bits per heavy atom. The quantitative estimate of drug-likeness (QED) is 0.500. The van der Waals surface area contributed by atoms with E-state index in [0.29, 0.717) is 5.57 Å². The summed E-state index contributed by atoms with van der Waals surface area (Å²) in [6.45, 7) is 5.68. The number of carbonyl (C=O) groups excluding carboxylic acids is 1. The van der Waals surface area contributed by atoms with Gasteiger partial charge in [-0.3, -0.25) is 0 Å². The van der Waals surface area contributed by atoms with Crippen LogP contribution < -0.4 is 0 Å². The van der Waals surface area contributed by atoms with E-state index in [4.69, 9.17) is 4.74 Å². The standard InChI is InChI=1S/C12H12O2/c1-8-9(2)12(13)14-11(8)10-6-4-3-5-7-10/h3-8,11H,2H2,1H3/t8-,11+/m1/s1. The number of cyclic esters (lactones) is 1. The first kappa shape index (κ1) is 9.00. The van der Waals surface area contributed by atoms with Crippen molar-refractivity contribution in [1.82, 2.24) is 0 Å². The van der Waals surface area contributed by atoms with Crippen molar-refractivity contribution in [2.45, 2.75) is 13.0 Å². The van der Waals surface area contributed by atoms with Gasteiger partial charge in [0.1, 0.15) is 6.10 Å². The third-order valence-electron chi connectivity index (χ3n) is 2.63. The molecule has 1 aliphatic heterocycles. The topological polar surface area (TPSA) is 26.3 Å². The van der Waals surface area contributed by atoms with Crippen LogP contribution in [0.1, 0.15) is 18.6 Å². The second-order valence-electron chi connectivity index (χ2n) is 3.55. The largest absolute Gasteiger partial charge is 0.453 e. The summed E-state index contributed by atoms with van der Waals surface area (Å²) in [5.74, 6) is -0.198. The molecule has 1 fully saturated rings. The van der Waals surface area contributed by atoms with Crippen molar-refractivity contribution >= 4 is 5.97 Å². The summed E-state index contributed by atoms with van der Waals surface area (Å²) >= 11 is 0. The zero-order valence-electron chi connectivity index (χ0n) is 8.07. The van der Waals surface area contributed by atoms with E-state index in [1.54, 1.807) is 0 Å². The van der Waals surface area contributed by atoms with Gasteiger partial charge in [-0.15, -0.1) is 0 Å². The highest BCUT2D eigenvalue weighted by molar-refractivity contribution is 5.90. The molecule has 0 bridgehead atoms. The molecule has 0 aromatic heterocycles. The van der Waals surface area contributed by atoms with Gasteiger partial charge in [0, 0.05) is 11.5 Å². The van der Waals surface area contributed by atoms with Gasteiger partial charge in [0.05, 0.1) is 0 Å². The number of carbonyl (C=O) groups is 1. The third-order valence-corrected chi connectivity index (χ3v) is 2.63. The first-order valence-corrected chi connectivity index (χ1v) is 4.65.